The summed E-state index contributed by atoms with van der Waals surface area (Å²) >= 11 is 1.43. The molecule has 0 radical (unpaired) electrons. The number of rotatable bonds is 9. The zero-order valence-electron chi connectivity index (χ0n) is 15.8. The van der Waals surface area contributed by atoms with Crippen LogP contribution in [0.2, 0.25) is 0 Å². The first kappa shape index (κ1) is 20.5. The zero-order chi connectivity index (χ0) is 19.1. The van der Waals surface area contributed by atoms with E-state index >= 15 is 0 Å². The first-order chi connectivity index (χ1) is 12.5. The normalized spacial score (nSPS) is 11.0. The molecule has 0 aliphatic rings. The van der Waals surface area contributed by atoms with Gasteiger partial charge in [-0.3, -0.25) is 4.79 Å². The van der Waals surface area contributed by atoms with Gasteiger partial charge < -0.3 is 14.2 Å². The number of methoxy groups -OCH3 is 1. The monoisotopic (exact) mass is 379 g/mol. The fraction of sp³-hybridized carbons (Fsp3) is 0.474. The van der Waals surface area contributed by atoms with Gasteiger partial charge in [-0.1, -0.05) is 23.9 Å². The van der Waals surface area contributed by atoms with Gasteiger partial charge in [0.2, 0.25) is 5.91 Å². The summed E-state index contributed by atoms with van der Waals surface area (Å²) in [6.07, 6.45) is 0. The van der Waals surface area contributed by atoms with Crippen molar-refractivity contribution in [2.45, 2.75) is 39.0 Å². The van der Waals surface area contributed by atoms with Gasteiger partial charge >= 0.3 is 0 Å². The van der Waals surface area contributed by atoms with E-state index < -0.39 is 0 Å². The summed E-state index contributed by atoms with van der Waals surface area (Å²) < 4.78 is 20.6. The predicted molar refractivity (Wildman–Crippen MR) is 102 cm³/mol. The fourth-order valence-corrected chi connectivity index (χ4v) is 3.65. The van der Waals surface area contributed by atoms with Gasteiger partial charge in [-0.15, -0.1) is 0 Å². The lowest BCUT2D eigenvalue weighted by atomic mass is 10.2. The number of hydrogen-bond acceptors (Lipinski definition) is 4. The van der Waals surface area contributed by atoms with E-state index in [0.717, 1.165) is 22.1 Å². The number of halogens is 1. The number of thioether (sulfide) groups is 1. The summed E-state index contributed by atoms with van der Waals surface area (Å²) in [5.41, 5.74) is 2.84. The van der Waals surface area contributed by atoms with E-state index in [1.807, 2.05) is 26.8 Å². The van der Waals surface area contributed by atoms with Crippen molar-refractivity contribution in [3.05, 3.63) is 47.0 Å². The van der Waals surface area contributed by atoms with Crippen molar-refractivity contribution in [2.24, 2.45) is 0 Å². The Kier molecular flexibility index (Phi) is 7.66. The molecule has 0 saturated heterocycles. The molecule has 0 bridgehead atoms. The van der Waals surface area contributed by atoms with Crippen molar-refractivity contribution in [2.75, 3.05) is 26.0 Å². The number of carbonyl (C=O) groups excluding carboxylic acids is 1. The highest BCUT2D eigenvalue weighted by molar-refractivity contribution is 7.99. The van der Waals surface area contributed by atoms with Gasteiger partial charge in [-0.25, -0.2) is 9.37 Å². The number of carbonyl (C=O) groups is 1. The Hall–Kier alpha value is -1.86. The number of ether oxygens (including phenoxy) is 1. The van der Waals surface area contributed by atoms with Crippen molar-refractivity contribution in [1.29, 1.82) is 0 Å². The second kappa shape index (κ2) is 9.73. The smallest absolute Gasteiger partial charge is 0.233 e. The summed E-state index contributed by atoms with van der Waals surface area (Å²) in [6, 6.07) is 6.36. The molecule has 26 heavy (non-hydrogen) atoms. The number of imidazole rings is 1. The Morgan fingerprint density at radius 1 is 1.38 bits per heavy atom. The number of aryl methyl sites for hydroxylation is 1. The molecule has 0 aliphatic carbocycles. The van der Waals surface area contributed by atoms with Crippen LogP contribution in [0.15, 0.2) is 29.4 Å². The van der Waals surface area contributed by atoms with Crippen LogP contribution in [0, 0.1) is 19.7 Å². The highest BCUT2D eigenvalue weighted by atomic mass is 32.2. The molecule has 1 heterocycles. The van der Waals surface area contributed by atoms with Crippen LogP contribution >= 0.6 is 11.8 Å². The third kappa shape index (κ3) is 5.32. The Bertz CT molecular complexity index is 748. The first-order valence-electron chi connectivity index (χ1n) is 8.64. The number of nitrogens with zero attached hydrogens (tertiary/aromatic N) is 3. The SMILES string of the molecule is CCN(Cc1cccc(F)c1)C(=O)CSc1nc(C)c(C)n1CCOC. The van der Waals surface area contributed by atoms with Crippen LogP contribution < -0.4 is 0 Å². The van der Waals surface area contributed by atoms with Gasteiger partial charge in [0.05, 0.1) is 18.1 Å². The molecule has 0 aliphatic heterocycles. The van der Waals surface area contributed by atoms with Gasteiger partial charge in [0, 0.05) is 32.4 Å². The highest BCUT2D eigenvalue weighted by Gasteiger charge is 2.17. The molecule has 0 fully saturated rings. The molecule has 0 atom stereocenters. The van der Waals surface area contributed by atoms with Gasteiger partial charge in [0.15, 0.2) is 5.16 Å². The number of benzene rings is 1. The van der Waals surface area contributed by atoms with E-state index in [1.165, 1.54) is 23.9 Å². The lowest BCUT2D eigenvalue weighted by molar-refractivity contribution is -0.128. The maximum absolute atomic E-state index is 13.3. The van der Waals surface area contributed by atoms with Gasteiger partial charge in [0.25, 0.3) is 0 Å². The number of aromatic nitrogens is 2. The van der Waals surface area contributed by atoms with Crippen molar-refractivity contribution < 1.29 is 13.9 Å². The van der Waals surface area contributed by atoms with E-state index in [2.05, 4.69) is 9.55 Å². The molecule has 2 rings (SSSR count). The Morgan fingerprint density at radius 3 is 2.81 bits per heavy atom. The average Bonchev–Trinajstić information content (AvgIpc) is 2.89. The molecule has 5 nitrogen and oxygen atoms in total. The van der Waals surface area contributed by atoms with Crippen LogP contribution in [0.1, 0.15) is 23.9 Å². The van der Waals surface area contributed by atoms with Crippen LogP contribution in [-0.4, -0.2) is 46.4 Å². The summed E-state index contributed by atoms with van der Waals surface area (Å²) in [5.74, 6) is 0.0244. The minimum absolute atomic E-state index is 0.0124. The zero-order valence-corrected chi connectivity index (χ0v) is 16.6. The maximum atomic E-state index is 13.3. The van der Waals surface area contributed by atoms with Gasteiger partial charge in [-0.05, 0) is 38.5 Å². The minimum Gasteiger partial charge on any atom is -0.383 e. The van der Waals surface area contributed by atoms with E-state index in [4.69, 9.17) is 4.74 Å². The third-order valence-electron chi connectivity index (χ3n) is 4.26. The highest BCUT2D eigenvalue weighted by Crippen LogP contribution is 2.22. The topological polar surface area (TPSA) is 47.4 Å². The van der Waals surface area contributed by atoms with Crippen LogP contribution in [-0.2, 0) is 22.6 Å². The van der Waals surface area contributed by atoms with Crippen LogP contribution in [0.5, 0.6) is 0 Å². The molecule has 142 valence electrons. The van der Waals surface area contributed by atoms with Crippen LogP contribution in [0.25, 0.3) is 0 Å². The van der Waals surface area contributed by atoms with E-state index in [9.17, 15) is 9.18 Å². The fourth-order valence-electron chi connectivity index (χ4n) is 2.63. The molecular formula is C19H26FN3O2S. The van der Waals surface area contributed by atoms with E-state index in [-0.39, 0.29) is 11.7 Å². The molecule has 1 amide bonds. The van der Waals surface area contributed by atoms with Gasteiger partial charge in [-0.2, -0.15) is 0 Å². The van der Waals surface area contributed by atoms with Crippen LogP contribution in [0.4, 0.5) is 4.39 Å². The second-order valence-corrected chi connectivity index (χ2v) is 6.98. The molecular weight excluding hydrogens is 353 g/mol. The molecule has 0 unspecified atom stereocenters. The summed E-state index contributed by atoms with van der Waals surface area (Å²) in [7, 11) is 1.67. The largest absolute Gasteiger partial charge is 0.383 e. The Labute approximate surface area is 158 Å². The summed E-state index contributed by atoms with van der Waals surface area (Å²) in [4.78, 5) is 18.9. The summed E-state index contributed by atoms with van der Waals surface area (Å²) in [6.45, 7) is 8.20. The maximum Gasteiger partial charge on any atom is 0.233 e. The average molecular weight is 380 g/mol. The Morgan fingerprint density at radius 2 is 2.15 bits per heavy atom. The third-order valence-corrected chi connectivity index (χ3v) is 5.22. The molecule has 1 aromatic carbocycles. The second-order valence-electron chi connectivity index (χ2n) is 6.04. The minimum atomic E-state index is -0.286. The predicted octanol–water partition coefficient (Wildman–Crippen LogP) is 3.43. The lowest BCUT2D eigenvalue weighted by Gasteiger charge is -2.21. The quantitative estimate of drug-likeness (QED) is 0.627. The molecule has 0 N–H and O–H groups in total. The molecule has 2 aromatic rings. The molecule has 1 aromatic heterocycles. The number of amides is 1. The van der Waals surface area contributed by atoms with Crippen molar-refractivity contribution >= 4 is 17.7 Å². The number of hydrogen-bond donors (Lipinski definition) is 0. The van der Waals surface area contributed by atoms with Crippen LogP contribution in [0.3, 0.4) is 0 Å². The Balaban J connectivity index is 2.01. The standard InChI is InChI=1S/C19H26FN3O2S/c1-5-22(12-16-7-6-8-17(20)11-16)18(24)13-26-19-21-14(2)15(3)23(19)9-10-25-4/h6-8,11H,5,9-10,12-13H2,1-4H3. The summed E-state index contributed by atoms with van der Waals surface area (Å²) in [5, 5.41) is 0.826. The molecule has 0 spiro atoms. The molecule has 0 saturated carbocycles. The molecule has 7 heteroatoms. The van der Waals surface area contributed by atoms with Crippen molar-refractivity contribution in [1.82, 2.24) is 14.5 Å². The first-order valence-corrected chi connectivity index (χ1v) is 9.62. The van der Waals surface area contributed by atoms with Crippen molar-refractivity contribution in [3.63, 3.8) is 0 Å². The van der Waals surface area contributed by atoms with Crippen molar-refractivity contribution in [3.8, 4) is 0 Å². The lowest BCUT2D eigenvalue weighted by Crippen LogP contribution is -2.31. The van der Waals surface area contributed by atoms with E-state index in [0.29, 0.717) is 32.0 Å². The van der Waals surface area contributed by atoms with Gasteiger partial charge in [0.1, 0.15) is 5.82 Å². The van der Waals surface area contributed by atoms with E-state index in [1.54, 1.807) is 18.1 Å².